The first-order chi connectivity index (χ1) is 8.08. The maximum atomic E-state index is 6.14. The Labute approximate surface area is 130 Å². The topological polar surface area (TPSA) is 12.0 Å². The van der Waals surface area contributed by atoms with Gasteiger partial charge in [0.15, 0.2) is 0 Å². The molecule has 1 aromatic heterocycles. The van der Waals surface area contributed by atoms with Gasteiger partial charge in [-0.2, -0.15) is 0 Å². The van der Waals surface area contributed by atoms with E-state index in [0.717, 1.165) is 20.5 Å². The summed E-state index contributed by atoms with van der Waals surface area (Å²) in [6.45, 7) is 0.730. The first-order valence-electron chi connectivity index (χ1n) is 4.69. The number of halogens is 4. The van der Waals surface area contributed by atoms with Crippen molar-refractivity contribution in [1.29, 1.82) is 0 Å². The van der Waals surface area contributed by atoms with Gasteiger partial charge in [-0.25, -0.2) is 0 Å². The molecule has 0 saturated heterocycles. The largest absolute Gasteiger partial charge is 0.379 e. The van der Waals surface area contributed by atoms with Crippen molar-refractivity contribution >= 4 is 72.1 Å². The second-order valence-corrected chi connectivity index (χ2v) is 7.44. The maximum Gasteiger partial charge on any atom is 0.0835 e. The Bertz CT molecular complexity index is 542. The molecule has 0 amide bonds. The van der Waals surface area contributed by atoms with Crippen molar-refractivity contribution in [2.24, 2.45) is 0 Å². The van der Waals surface area contributed by atoms with Crippen molar-refractivity contribution < 1.29 is 0 Å². The number of rotatable bonds is 3. The minimum atomic E-state index is 0.532. The highest BCUT2D eigenvalue weighted by Gasteiger charge is 2.08. The van der Waals surface area contributed by atoms with Crippen molar-refractivity contribution in [3.05, 3.63) is 47.4 Å². The lowest BCUT2D eigenvalue weighted by molar-refractivity contribution is 1.19. The lowest BCUT2D eigenvalue weighted by Gasteiger charge is -2.09. The smallest absolute Gasteiger partial charge is 0.0835 e. The molecule has 0 unspecified atom stereocenters. The van der Waals surface area contributed by atoms with Crippen LogP contribution < -0.4 is 5.32 Å². The number of hydrogen-bond donors (Lipinski definition) is 1. The monoisotopic (exact) mass is 413 g/mol. The minimum absolute atomic E-state index is 0.532. The predicted octanol–water partition coefficient (Wildman–Crippen LogP) is 6.19. The fraction of sp³-hybridized carbons (Fsp3) is 0.0909. The quantitative estimate of drug-likeness (QED) is 0.589. The molecular weight excluding hydrogens is 409 g/mol. The maximum absolute atomic E-state index is 6.14. The van der Waals surface area contributed by atoms with E-state index in [9.17, 15) is 0 Å². The molecule has 90 valence electrons. The molecule has 17 heavy (non-hydrogen) atoms. The van der Waals surface area contributed by atoms with Gasteiger partial charge < -0.3 is 5.32 Å². The van der Waals surface area contributed by atoms with Gasteiger partial charge in [-0.1, -0.05) is 23.2 Å². The fourth-order valence-corrected chi connectivity index (χ4v) is 3.56. The summed E-state index contributed by atoms with van der Waals surface area (Å²) >= 11 is 20.6. The Kier molecular flexibility index (Phi) is 4.78. The van der Waals surface area contributed by atoms with Crippen molar-refractivity contribution in [3.8, 4) is 0 Å². The van der Waals surface area contributed by atoms with E-state index >= 15 is 0 Å². The molecule has 2 rings (SSSR count). The van der Waals surface area contributed by atoms with E-state index in [0.29, 0.717) is 10.0 Å². The van der Waals surface area contributed by atoms with Gasteiger partial charge in [-0.05, 0) is 56.1 Å². The van der Waals surface area contributed by atoms with Crippen LogP contribution >= 0.6 is 66.4 Å². The number of anilines is 1. The second-order valence-electron chi connectivity index (χ2n) is 3.28. The van der Waals surface area contributed by atoms with E-state index in [1.807, 2.05) is 18.2 Å². The summed E-state index contributed by atoms with van der Waals surface area (Å²) in [4.78, 5) is 1.23. The molecule has 0 saturated carbocycles. The lowest BCUT2D eigenvalue weighted by atomic mass is 10.3. The molecule has 1 N–H and O–H groups in total. The van der Waals surface area contributed by atoms with Crippen LogP contribution in [0.3, 0.4) is 0 Å². The number of nitrogens with one attached hydrogen (secondary N) is 1. The zero-order valence-corrected chi connectivity index (χ0v) is 13.9. The third-order valence-corrected chi connectivity index (χ3v) is 5.51. The highest BCUT2D eigenvalue weighted by Crippen LogP contribution is 2.36. The van der Waals surface area contributed by atoms with Gasteiger partial charge in [0.25, 0.3) is 0 Å². The van der Waals surface area contributed by atoms with Crippen LogP contribution in [0.2, 0.25) is 10.0 Å². The molecule has 1 nitrogen and oxygen atoms in total. The van der Waals surface area contributed by atoms with Gasteiger partial charge >= 0.3 is 0 Å². The molecule has 1 aromatic carbocycles. The average Bonchev–Trinajstić information content (AvgIpc) is 2.71. The van der Waals surface area contributed by atoms with E-state index in [1.54, 1.807) is 11.3 Å². The Morgan fingerprint density at radius 2 is 1.82 bits per heavy atom. The van der Waals surface area contributed by atoms with Crippen LogP contribution in [0.15, 0.2) is 32.5 Å². The highest BCUT2D eigenvalue weighted by atomic mass is 79.9. The Balaban J connectivity index is 2.12. The molecule has 2 aromatic rings. The average molecular weight is 416 g/mol. The molecule has 0 fully saturated rings. The van der Waals surface area contributed by atoms with Crippen LogP contribution in [0, 0.1) is 0 Å². The van der Waals surface area contributed by atoms with Gasteiger partial charge in [0.2, 0.25) is 0 Å². The standard InChI is InChI=1S/C11H7Br2Cl2NS/c12-7-2-3-8(11(15)10(7)14)16-5-6-1-4-9(13)17-6/h1-4,16H,5H2. The van der Waals surface area contributed by atoms with E-state index in [2.05, 4.69) is 43.2 Å². The van der Waals surface area contributed by atoms with Gasteiger partial charge in [-0.3, -0.25) is 0 Å². The Morgan fingerprint density at radius 3 is 2.47 bits per heavy atom. The number of thiophene rings is 1. The summed E-state index contributed by atoms with van der Waals surface area (Å²) in [5, 5.41) is 4.33. The molecule has 0 spiro atoms. The van der Waals surface area contributed by atoms with Crippen LogP contribution in [-0.4, -0.2) is 0 Å². The second kappa shape index (κ2) is 5.93. The van der Waals surface area contributed by atoms with Crippen molar-refractivity contribution in [2.75, 3.05) is 5.32 Å². The summed E-state index contributed by atoms with van der Waals surface area (Å²) in [7, 11) is 0. The Morgan fingerprint density at radius 1 is 1.06 bits per heavy atom. The molecule has 1 heterocycles. The minimum Gasteiger partial charge on any atom is -0.379 e. The van der Waals surface area contributed by atoms with E-state index in [-0.39, 0.29) is 0 Å². The van der Waals surface area contributed by atoms with Gasteiger partial charge in [-0.15, -0.1) is 11.3 Å². The lowest BCUT2D eigenvalue weighted by Crippen LogP contribution is -1.98. The number of hydrogen-bond acceptors (Lipinski definition) is 2. The van der Waals surface area contributed by atoms with E-state index in [4.69, 9.17) is 23.2 Å². The van der Waals surface area contributed by atoms with E-state index < -0.39 is 0 Å². The highest BCUT2D eigenvalue weighted by molar-refractivity contribution is 9.11. The molecule has 0 aliphatic carbocycles. The molecule has 6 heteroatoms. The summed E-state index contributed by atoms with van der Waals surface area (Å²) in [6, 6.07) is 7.87. The fourth-order valence-electron chi connectivity index (χ4n) is 1.29. The molecule has 0 aliphatic rings. The van der Waals surface area contributed by atoms with Crippen LogP contribution in [-0.2, 0) is 6.54 Å². The predicted molar refractivity (Wildman–Crippen MR) is 83.5 cm³/mol. The molecular formula is C11H7Br2Cl2NS. The summed E-state index contributed by atoms with van der Waals surface area (Å²) in [5.74, 6) is 0. The van der Waals surface area contributed by atoms with Gasteiger partial charge in [0, 0.05) is 15.9 Å². The summed E-state index contributed by atoms with van der Waals surface area (Å²) in [5.41, 5.74) is 0.837. The van der Waals surface area contributed by atoms with Crippen molar-refractivity contribution in [1.82, 2.24) is 0 Å². The van der Waals surface area contributed by atoms with Crippen LogP contribution in [0.4, 0.5) is 5.69 Å². The first-order valence-corrected chi connectivity index (χ1v) is 7.85. The van der Waals surface area contributed by atoms with Crippen LogP contribution in [0.5, 0.6) is 0 Å². The summed E-state index contributed by atoms with van der Waals surface area (Å²) in [6.07, 6.45) is 0. The number of benzene rings is 1. The van der Waals surface area contributed by atoms with Crippen LogP contribution in [0.25, 0.3) is 0 Å². The van der Waals surface area contributed by atoms with E-state index in [1.165, 1.54) is 4.88 Å². The Hall–Kier alpha value is 0.260. The van der Waals surface area contributed by atoms with Crippen LogP contribution in [0.1, 0.15) is 4.88 Å². The summed E-state index contributed by atoms with van der Waals surface area (Å²) < 4.78 is 1.92. The van der Waals surface area contributed by atoms with Gasteiger partial charge in [0.1, 0.15) is 0 Å². The normalized spacial score (nSPS) is 10.6. The first kappa shape index (κ1) is 13.7. The zero-order valence-electron chi connectivity index (χ0n) is 8.44. The zero-order chi connectivity index (χ0) is 12.4. The third kappa shape index (κ3) is 3.38. The molecule has 0 atom stereocenters. The molecule has 0 aliphatic heterocycles. The van der Waals surface area contributed by atoms with Gasteiger partial charge in [0.05, 0.1) is 19.5 Å². The van der Waals surface area contributed by atoms with Crippen molar-refractivity contribution in [2.45, 2.75) is 6.54 Å². The SMILES string of the molecule is Clc1c(Br)ccc(NCc2ccc(Br)s2)c1Cl. The molecule has 0 bridgehead atoms. The van der Waals surface area contributed by atoms with Crippen molar-refractivity contribution in [3.63, 3.8) is 0 Å². The molecule has 0 radical (unpaired) electrons. The third-order valence-electron chi connectivity index (χ3n) is 2.12.